The second kappa shape index (κ2) is 9.64. The molecule has 0 fully saturated rings. The number of H-pyrrole nitrogens is 1. The van der Waals surface area contributed by atoms with Crippen molar-refractivity contribution in [2.24, 2.45) is 5.73 Å². The molecule has 0 bridgehead atoms. The number of esters is 1. The lowest BCUT2D eigenvalue weighted by Gasteiger charge is -2.20. The summed E-state index contributed by atoms with van der Waals surface area (Å²) in [4.78, 5) is 38.5. The molecule has 1 amide bonds. The number of hydrogen-bond acceptors (Lipinski definition) is 7. The fraction of sp³-hybridized carbons (Fsp3) is 0.286. The molecule has 0 aliphatic heterocycles. The molecular formula is C21H24N2O7. The maximum atomic E-state index is 12.5. The number of aromatic hydroxyl groups is 1. The average Bonchev–Trinajstić information content (AvgIpc) is 2.70. The molecule has 160 valence electrons. The fourth-order valence-electron chi connectivity index (χ4n) is 2.93. The first kappa shape index (κ1) is 22.5. The Labute approximate surface area is 173 Å². The Hall–Kier alpha value is -3.75. The monoisotopic (exact) mass is 416 g/mol. The van der Waals surface area contributed by atoms with Crippen LogP contribution < -0.4 is 20.8 Å². The van der Waals surface area contributed by atoms with Crippen LogP contribution in [0, 0.1) is 0 Å². The summed E-state index contributed by atoms with van der Waals surface area (Å²) in [6.07, 6.45) is 0.750. The van der Waals surface area contributed by atoms with Gasteiger partial charge in [0.1, 0.15) is 17.9 Å². The van der Waals surface area contributed by atoms with E-state index in [1.807, 2.05) is 6.92 Å². The first-order valence-corrected chi connectivity index (χ1v) is 8.95. The number of amides is 1. The minimum absolute atomic E-state index is 0.186. The van der Waals surface area contributed by atoms with E-state index in [9.17, 15) is 19.5 Å². The molecule has 4 N–H and O–H groups in total. The van der Waals surface area contributed by atoms with Crippen molar-refractivity contribution in [2.45, 2.75) is 19.3 Å². The number of primary amides is 1. The van der Waals surface area contributed by atoms with Gasteiger partial charge >= 0.3 is 5.97 Å². The van der Waals surface area contributed by atoms with E-state index < -0.39 is 29.1 Å². The summed E-state index contributed by atoms with van der Waals surface area (Å²) in [5.41, 5.74) is 5.55. The van der Waals surface area contributed by atoms with E-state index in [4.69, 9.17) is 15.2 Å². The van der Waals surface area contributed by atoms with E-state index in [-0.39, 0.29) is 24.2 Å². The lowest BCUT2D eigenvalue weighted by atomic mass is 9.87. The van der Waals surface area contributed by atoms with E-state index in [2.05, 4.69) is 16.3 Å². The van der Waals surface area contributed by atoms with Gasteiger partial charge in [0.15, 0.2) is 11.5 Å². The lowest BCUT2D eigenvalue weighted by molar-refractivity contribution is -0.118. The molecule has 0 radical (unpaired) electrons. The van der Waals surface area contributed by atoms with Crippen LogP contribution in [0.1, 0.15) is 40.7 Å². The van der Waals surface area contributed by atoms with Crippen molar-refractivity contribution in [1.82, 2.24) is 4.98 Å². The molecule has 0 aliphatic rings. The molecule has 2 aromatic rings. The van der Waals surface area contributed by atoms with Crippen molar-refractivity contribution in [3.63, 3.8) is 0 Å². The van der Waals surface area contributed by atoms with Gasteiger partial charge in [-0.2, -0.15) is 0 Å². The van der Waals surface area contributed by atoms with Crippen LogP contribution >= 0.6 is 0 Å². The Morgan fingerprint density at radius 1 is 1.27 bits per heavy atom. The number of benzene rings is 1. The smallest absolute Gasteiger partial charge is 0.343 e. The number of nitrogens with two attached hydrogens (primary N) is 1. The number of aromatic nitrogens is 1. The van der Waals surface area contributed by atoms with E-state index in [1.54, 1.807) is 18.2 Å². The summed E-state index contributed by atoms with van der Waals surface area (Å²) < 4.78 is 15.6. The van der Waals surface area contributed by atoms with Crippen molar-refractivity contribution < 1.29 is 28.9 Å². The zero-order chi connectivity index (χ0) is 22.4. The van der Waals surface area contributed by atoms with Gasteiger partial charge in [-0.25, -0.2) is 4.79 Å². The van der Waals surface area contributed by atoms with Crippen LogP contribution in [0.5, 0.6) is 17.2 Å². The van der Waals surface area contributed by atoms with Crippen LogP contribution in [0.25, 0.3) is 0 Å². The number of ether oxygens (including phenoxy) is 3. The molecule has 1 aromatic heterocycles. The zero-order valence-corrected chi connectivity index (χ0v) is 17.0. The second-order valence-corrected chi connectivity index (χ2v) is 6.66. The molecule has 0 aliphatic carbocycles. The third kappa shape index (κ3) is 4.99. The predicted octanol–water partition coefficient (Wildman–Crippen LogP) is 1.84. The highest BCUT2D eigenvalue weighted by molar-refractivity contribution is 5.92. The van der Waals surface area contributed by atoms with E-state index in [0.717, 1.165) is 18.9 Å². The summed E-state index contributed by atoms with van der Waals surface area (Å²) in [6.45, 7) is 5.86. The third-order valence-electron chi connectivity index (χ3n) is 4.33. The van der Waals surface area contributed by atoms with Crippen molar-refractivity contribution >= 4 is 11.9 Å². The van der Waals surface area contributed by atoms with E-state index in [1.165, 1.54) is 7.11 Å². The molecule has 0 spiro atoms. The number of aromatic amines is 1. The molecule has 9 nitrogen and oxygen atoms in total. The van der Waals surface area contributed by atoms with Gasteiger partial charge in [-0.05, 0) is 30.2 Å². The van der Waals surface area contributed by atoms with E-state index in [0.29, 0.717) is 17.1 Å². The first-order chi connectivity index (χ1) is 14.2. The molecule has 9 heteroatoms. The highest BCUT2D eigenvalue weighted by atomic mass is 16.5. The van der Waals surface area contributed by atoms with Crippen LogP contribution in [-0.4, -0.2) is 42.8 Å². The van der Waals surface area contributed by atoms with Crippen LogP contribution in [-0.2, 0) is 9.53 Å². The number of hydrogen-bond donors (Lipinski definition) is 3. The largest absolute Gasteiger partial charge is 0.506 e. The summed E-state index contributed by atoms with van der Waals surface area (Å²) in [5, 5.41) is 10.6. The van der Waals surface area contributed by atoms with Crippen molar-refractivity contribution in [2.75, 3.05) is 20.8 Å². The van der Waals surface area contributed by atoms with Gasteiger partial charge in [0.25, 0.3) is 5.56 Å². The summed E-state index contributed by atoms with van der Waals surface area (Å²) in [7, 11) is 2.58. The summed E-state index contributed by atoms with van der Waals surface area (Å²) >= 11 is 0. The average molecular weight is 416 g/mol. The number of methoxy groups -OCH3 is 2. The predicted molar refractivity (Wildman–Crippen MR) is 109 cm³/mol. The SMILES string of the molecule is C=C(C)COc1ccc([C@@H](CC(N)=O)c2c(O)c(C(=O)OC)c[nH]c2=O)cc1OC. The molecule has 0 saturated carbocycles. The Morgan fingerprint density at radius 2 is 1.97 bits per heavy atom. The summed E-state index contributed by atoms with van der Waals surface area (Å²) in [6, 6.07) is 4.80. The lowest BCUT2D eigenvalue weighted by Crippen LogP contribution is -2.24. The van der Waals surface area contributed by atoms with Crippen molar-refractivity contribution in [3.8, 4) is 17.2 Å². The van der Waals surface area contributed by atoms with Gasteiger partial charge in [0.05, 0.1) is 19.8 Å². The van der Waals surface area contributed by atoms with Gasteiger partial charge in [-0.15, -0.1) is 0 Å². The normalized spacial score (nSPS) is 11.4. The number of pyridine rings is 1. The quantitative estimate of drug-likeness (QED) is 0.418. The Bertz CT molecular complexity index is 1030. The number of nitrogens with one attached hydrogen (secondary N) is 1. The highest BCUT2D eigenvalue weighted by Crippen LogP contribution is 2.37. The van der Waals surface area contributed by atoms with Gasteiger partial charge in [0.2, 0.25) is 5.91 Å². The third-order valence-corrected chi connectivity index (χ3v) is 4.33. The van der Waals surface area contributed by atoms with E-state index >= 15 is 0 Å². The summed E-state index contributed by atoms with van der Waals surface area (Å²) in [5.74, 6) is -2.29. The maximum Gasteiger partial charge on any atom is 0.343 e. The van der Waals surface area contributed by atoms with Crippen LogP contribution in [0.4, 0.5) is 0 Å². The second-order valence-electron chi connectivity index (χ2n) is 6.66. The minimum atomic E-state index is -0.944. The number of rotatable bonds is 9. The molecule has 0 saturated heterocycles. The number of carbonyl (C=O) groups is 2. The van der Waals surface area contributed by atoms with Crippen molar-refractivity contribution in [1.29, 1.82) is 0 Å². The zero-order valence-electron chi connectivity index (χ0n) is 17.0. The first-order valence-electron chi connectivity index (χ1n) is 8.95. The molecule has 30 heavy (non-hydrogen) atoms. The molecule has 1 atom stereocenters. The maximum absolute atomic E-state index is 12.5. The van der Waals surface area contributed by atoms with Crippen molar-refractivity contribution in [3.05, 3.63) is 63.6 Å². The topological polar surface area (TPSA) is 141 Å². The molecule has 0 unspecified atom stereocenters. The molecule has 1 aromatic carbocycles. The molecular weight excluding hydrogens is 392 g/mol. The van der Waals surface area contributed by atoms with Gasteiger partial charge < -0.3 is 30.0 Å². The Morgan fingerprint density at radius 3 is 2.53 bits per heavy atom. The fourth-order valence-corrected chi connectivity index (χ4v) is 2.93. The van der Waals surface area contributed by atoms with Crippen LogP contribution in [0.15, 0.2) is 41.3 Å². The highest BCUT2D eigenvalue weighted by Gasteiger charge is 2.28. The Kier molecular flexibility index (Phi) is 7.24. The standard InChI is InChI=1S/C21H24N2O7/c1-11(2)10-30-15-6-5-12(7-16(15)28-3)13(8-17(22)24)18-19(25)14(21(27)29-4)9-23-20(18)26/h5-7,9,13H,1,8,10H2,2-4H3,(H2,22,24)(H2,23,25,26)/t13-/m1/s1. The van der Waals surface area contributed by atoms with Crippen LogP contribution in [0.3, 0.4) is 0 Å². The number of carbonyl (C=O) groups excluding carboxylic acids is 2. The van der Waals surface area contributed by atoms with Crippen LogP contribution in [0.2, 0.25) is 0 Å². The minimum Gasteiger partial charge on any atom is -0.506 e. The van der Waals surface area contributed by atoms with Gasteiger partial charge in [0, 0.05) is 18.5 Å². The molecule has 1 heterocycles. The Balaban J connectivity index is 2.62. The van der Waals surface area contributed by atoms with Gasteiger partial charge in [-0.3, -0.25) is 9.59 Å². The molecule has 2 rings (SSSR count). The van der Waals surface area contributed by atoms with Gasteiger partial charge in [-0.1, -0.05) is 12.6 Å².